The number of nitrogens with one attached hydrogen (secondary N) is 2. The molecule has 0 bridgehead atoms. The monoisotopic (exact) mass is 266 g/mol. The van der Waals surface area contributed by atoms with E-state index >= 15 is 0 Å². The summed E-state index contributed by atoms with van der Waals surface area (Å²) in [5, 5.41) is 7.26. The SMILES string of the molecule is C1=C2NC(c3ccoc3-c3ccccc3)NC2CCC1. The summed E-state index contributed by atoms with van der Waals surface area (Å²) in [6.07, 6.45) is 7.92. The molecule has 1 aliphatic carbocycles. The summed E-state index contributed by atoms with van der Waals surface area (Å²) >= 11 is 0. The van der Waals surface area contributed by atoms with Crippen LogP contribution in [0.1, 0.15) is 31.0 Å². The van der Waals surface area contributed by atoms with Crippen molar-refractivity contribution in [1.29, 1.82) is 0 Å². The normalized spacial score (nSPS) is 24.9. The first-order valence-corrected chi connectivity index (χ1v) is 7.27. The van der Waals surface area contributed by atoms with Crippen LogP contribution >= 0.6 is 0 Å². The molecule has 2 N–H and O–H groups in total. The highest BCUT2D eigenvalue weighted by molar-refractivity contribution is 5.62. The molecule has 2 unspecified atom stereocenters. The van der Waals surface area contributed by atoms with Gasteiger partial charge in [0.25, 0.3) is 0 Å². The third-order valence-corrected chi connectivity index (χ3v) is 4.16. The molecule has 0 amide bonds. The molecule has 2 heterocycles. The second-order valence-corrected chi connectivity index (χ2v) is 5.46. The lowest BCUT2D eigenvalue weighted by Gasteiger charge is -2.15. The van der Waals surface area contributed by atoms with Gasteiger partial charge in [0, 0.05) is 22.9 Å². The summed E-state index contributed by atoms with van der Waals surface area (Å²) in [6.45, 7) is 0. The summed E-state index contributed by atoms with van der Waals surface area (Å²) in [7, 11) is 0. The molecule has 2 aromatic rings. The highest BCUT2D eigenvalue weighted by Gasteiger charge is 2.32. The van der Waals surface area contributed by atoms with Crippen molar-refractivity contribution in [3.8, 4) is 11.3 Å². The predicted molar refractivity (Wildman–Crippen MR) is 78.9 cm³/mol. The van der Waals surface area contributed by atoms with Gasteiger partial charge in [-0.15, -0.1) is 0 Å². The van der Waals surface area contributed by atoms with Crippen LogP contribution in [0.4, 0.5) is 0 Å². The summed E-state index contributed by atoms with van der Waals surface area (Å²) in [4.78, 5) is 0. The van der Waals surface area contributed by atoms with E-state index in [1.54, 1.807) is 6.26 Å². The Morgan fingerprint density at radius 2 is 2.00 bits per heavy atom. The Labute approximate surface area is 118 Å². The van der Waals surface area contributed by atoms with E-state index in [0.29, 0.717) is 6.04 Å². The molecule has 20 heavy (non-hydrogen) atoms. The average molecular weight is 266 g/mol. The van der Waals surface area contributed by atoms with Crippen LogP contribution in [0.5, 0.6) is 0 Å². The van der Waals surface area contributed by atoms with Crippen LogP contribution in [-0.2, 0) is 0 Å². The van der Waals surface area contributed by atoms with Crippen LogP contribution in [0, 0.1) is 0 Å². The summed E-state index contributed by atoms with van der Waals surface area (Å²) in [5.74, 6) is 0.954. The zero-order chi connectivity index (χ0) is 13.4. The van der Waals surface area contributed by atoms with Gasteiger partial charge in [0.2, 0.25) is 0 Å². The minimum atomic E-state index is 0.151. The van der Waals surface area contributed by atoms with E-state index in [0.717, 1.165) is 11.3 Å². The Balaban J connectivity index is 1.66. The second kappa shape index (κ2) is 4.84. The van der Waals surface area contributed by atoms with Gasteiger partial charge in [-0.05, 0) is 25.3 Å². The molecule has 1 aliphatic heterocycles. The molecule has 102 valence electrons. The van der Waals surface area contributed by atoms with Crippen LogP contribution in [0.3, 0.4) is 0 Å². The van der Waals surface area contributed by atoms with Crippen LogP contribution < -0.4 is 10.6 Å². The van der Waals surface area contributed by atoms with Crippen LogP contribution in [0.15, 0.2) is 58.9 Å². The molecule has 0 saturated carbocycles. The maximum Gasteiger partial charge on any atom is 0.140 e. The van der Waals surface area contributed by atoms with E-state index in [1.807, 2.05) is 18.2 Å². The first kappa shape index (κ1) is 11.8. The van der Waals surface area contributed by atoms with E-state index in [4.69, 9.17) is 4.42 Å². The number of allylic oxidation sites excluding steroid dienone is 1. The third-order valence-electron chi connectivity index (χ3n) is 4.16. The summed E-state index contributed by atoms with van der Waals surface area (Å²) in [5.41, 5.74) is 3.66. The molecule has 1 saturated heterocycles. The van der Waals surface area contributed by atoms with Crippen molar-refractivity contribution in [3.05, 3.63) is 60.0 Å². The zero-order valence-electron chi connectivity index (χ0n) is 11.3. The van der Waals surface area contributed by atoms with Crippen molar-refractivity contribution < 1.29 is 4.42 Å². The van der Waals surface area contributed by atoms with Gasteiger partial charge in [-0.3, -0.25) is 5.32 Å². The Morgan fingerprint density at radius 1 is 1.10 bits per heavy atom. The molecular weight excluding hydrogens is 248 g/mol. The van der Waals surface area contributed by atoms with Gasteiger partial charge < -0.3 is 9.73 Å². The van der Waals surface area contributed by atoms with Gasteiger partial charge >= 0.3 is 0 Å². The lowest BCUT2D eigenvalue weighted by molar-refractivity contribution is 0.504. The number of rotatable bonds is 2. The first-order chi connectivity index (χ1) is 9.92. The Kier molecular flexibility index (Phi) is 2.85. The molecule has 1 aromatic carbocycles. The highest BCUT2D eigenvalue weighted by Crippen LogP contribution is 2.33. The van der Waals surface area contributed by atoms with Crippen molar-refractivity contribution in [2.24, 2.45) is 0 Å². The smallest absolute Gasteiger partial charge is 0.140 e. The molecule has 3 heteroatoms. The van der Waals surface area contributed by atoms with E-state index in [-0.39, 0.29) is 6.17 Å². The molecule has 2 aliphatic rings. The van der Waals surface area contributed by atoms with Gasteiger partial charge in [0.05, 0.1) is 6.26 Å². The molecule has 2 atom stereocenters. The summed E-state index contributed by atoms with van der Waals surface area (Å²) in [6, 6.07) is 12.8. The predicted octanol–water partition coefficient (Wildman–Crippen LogP) is 3.57. The Bertz CT molecular complexity index is 629. The Morgan fingerprint density at radius 3 is 2.85 bits per heavy atom. The minimum Gasteiger partial charge on any atom is -0.464 e. The lowest BCUT2D eigenvalue weighted by Crippen LogP contribution is -2.26. The van der Waals surface area contributed by atoms with Gasteiger partial charge in [0.1, 0.15) is 11.9 Å². The third kappa shape index (κ3) is 1.95. The van der Waals surface area contributed by atoms with Crippen molar-refractivity contribution in [3.63, 3.8) is 0 Å². The van der Waals surface area contributed by atoms with E-state index in [1.165, 1.54) is 30.5 Å². The van der Waals surface area contributed by atoms with Crippen molar-refractivity contribution in [1.82, 2.24) is 10.6 Å². The standard InChI is InChI=1S/C17H18N2O/c1-2-6-12(7-3-1)16-13(10-11-20-16)17-18-14-8-4-5-9-15(14)19-17/h1-3,6-8,10-11,15,17-19H,4-5,9H2. The first-order valence-electron chi connectivity index (χ1n) is 7.27. The van der Waals surface area contributed by atoms with E-state index < -0.39 is 0 Å². The van der Waals surface area contributed by atoms with Gasteiger partial charge in [-0.25, -0.2) is 0 Å². The molecule has 1 fully saturated rings. The number of hydrogen-bond acceptors (Lipinski definition) is 3. The number of hydrogen-bond donors (Lipinski definition) is 2. The van der Waals surface area contributed by atoms with Crippen LogP contribution in [0.25, 0.3) is 11.3 Å². The van der Waals surface area contributed by atoms with E-state index in [9.17, 15) is 0 Å². The molecule has 4 rings (SSSR count). The van der Waals surface area contributed by atoms with Gasteiger partial charge in [0.15, 0.2) is 0 Å². The molecule has 0 radical (unpaired) electrons. The van der Waals surface area contributed by atoms with Gasteiger partial charge in [-0.2, -0.15) is 0 Å². The fraction of sp³-hybridized carbons (Fsp3) is 0.294. The van der Waals surface area contributed by atoms with Crippen molar-refractivity contribution in [2.45, 2.75) is 31.5 Å². The molecular formula is C17H18N2O. The summed E-state index contributed by atoms with van der Waals surface area (Å²) < 4.78 is 5.72. The van der Waals surface area contributed by atoms with Gasteiger partial charge in [-0.1, -0.05) is 36.4 Å². The highest BCUT2D eigenvalue weighted by atomic mass is 16.3. The zero-order valence-corrected chi connectivity index (χ0v) is 11.3. The lowest BCUT2D eigenvalue weighted by atomic mass is 10.0. The Hall–Kier alpha value is -2.00. The fourth-order valence-electron chi connectivity index (χ4n) is 3.16. The average Bonchev–Trinajstić information content (AvgIpc) is 3.14. The second-order valence-electron chi connectivity index (χ2n) is 5.46. The maximum absolute atomic E-state index is 5.72. The number of fused-ring (bicyclic) bond motifs is 1. The minimum absolute atomic E-state index is 0.151. The fourth-order valence-corrected chi connectivity index (χ4v) is 3.16. The number of benzene rings is 1. The quantitative estimate of drug-likeness (QED) is 0.872. The van der Waals surface area contributed by atoms with Crippen LogP contribution in [-0.4, -0.2) is 6.04 Å². The largest absolute Gasteiger partial charge is 0.464 e. The molecule has 0 spiro atoms. The van der Waals surface area contributed by atoms with E-state index in [2.05, 4.69) is 34.9 Å². The molecule has 1 aromatic heterocycles. The van der Waals surface area contributed by atoms with Crippen LogP contribution in [0.2, 0.25) is 0 Å². The number of furan rings is 1. The van der Waals surface area contributed by atoms with Crippen molar-refractivity contribution in [2.75, 3.05) is 0 Å². The van der Waals surface area contributed by atoms with Crippen molar-refractivity contribution >= 4 is 0 Å². The topological polar surface area (TPSA) is 37.2 Å². The molecule has 3 nitrogen and oxygen atoms in total. The maximum atomic E-state index is 5.72.